The Bertz CT molecular complexity index is 624. The summed E-state index contributed by atoms with van der Waals surface area (Å²) in [5.74, 6) is 5.07. The Balaban J connectivity index is 1.93. The molecule has 0 aliphatic carbocycles. The smallest absolute Gasteiger partial charge is 0.296 e. The standard InChI is InChI=1S/C16H13NO2/c18-15-9-5-4-8-14(15)12-17-16(19)11-10-13-6-2-1-3-7-13/h1-9,18H,12H2,(H,17,19). The molecule has 2 aromatic carbocycles. The van der Waals surface area contributed by atoms with Gasteiger partial charge in [0.05, 0.1) is 0 Å². The summed E-state index contributed by atoms with van der Waals surface area (Å²) in [6.45, 7) is 0.259. The largest absolute Gasteiger partial charge is 0.508 e. The number of phenolic OH excluding ortho intramolecular Hbond substituents is 1. The molecule has 3 heteroatoms. The van der Waals surface area contributed by atoms with Crippen molar-refractivity contribution in [3.8, 4) is 17.6 Å². The molecule has 0 heterocycles. The molecule has 0 saturated heterocycles. The lowest BCUT2D eigenvalue weighted by atomic mass is 10.2. The van der Waals surface area contributed by atoms with E-state index in [-0.39, 0.29) is 18.2 Å². The predicted octanol–water partition coefficient (Wildman–Crippen LogP) is 2.06. The summed E-state index contributed by atoms with van der Waals surface area (Å²) in [6.07, 6.45) is 0. The highest BCUT2D eigenvalue weighted by Gasteiger charge is 2.00. The Morgan fingerprint density at radius 1 is 1.05 bits per heavy atom. The van der Waals surface area contributed by atoms with Crippen molar-refractivity contribution < 1.29 is 9.90 Å². The summed E-state index contributed by atoms with van der Waals surface area (Å²) in [6, 6.07) is 16.2. The van der Waals surface area contributed by atoms with Crippen molar-refractivity contribution in [2.24, 2.45) is 0 Å². The van der Waals surface area contributed by atoms with Crippen LogP contribution in [-0.2, 0) is 11.3 Å². The number of rotatable bonds is 2. The van der Waals surface area contributed by atoms with Crippen molar-refractivity contribution >= 4 is 5.91 Å². The van der Waals surface area contributed by atoms with Gasteiger partial charge in [0.1, 0.15) is 5.75 Å². The molecule has 2 aromatic rings. The van der Waals surface area contributed by atoms with Gasteiger partial charge in [-0.25, -0.2) is 0 Å². The fraction of sp³-hybridized carbons (Fsp3) is 0.0625. The molecule has 0 bridgehead atoms. The number of phenols is 1. The Morgan fingerprint density at radius 2 is 1.74 bits per heavy atom. The molecule has 1 amide bonds. The second kappa shape index (κ2) is 6.27. The van der Waals surface area contributed by atoms with Gasteiger partial charge in [-0.1, -0.05) is 42.3 Å². The Hall–Kier alpha value is -2.73. The van der Waals surface area contributed by atoms with E-state index in [1.165, 1.54) is 0 Å². The van der Waals surface area contributed by atoms with Crippen LogP contribution in [0.1, 0.15) is 11.1 Å². The lowest BCUT2D eigenvalue weighted by Gasteiger charge is -2.03. The van der Waals surface area contributed by atoms with Gasteiger partial charge in [-0.2, -0.15) is 0 Å². The maximum atomic E-state index is 11.5. The van der Waals surface area contributed by atoms with Gasteiger partial charge in [-0.15, -0.1) is 0 Å². The predicted molar refractivity (Wildman–Crippen MR) is 73.3 cm³/mol. The van der Waals surface area contributed by atoms with Crippen molar-refractivity contribution in [1.82, 2.24) is 5.32 Å². The molecule has 0 spiro atoms. The van der Waals surface area contributed by atoms with Crippen LogP contribution in [-0.4, -0.2) is 11.0 Å². The van der Waals surface area contributed by atoms with E-state index in [1.807, 2.05) is 30.3 Å². The molecule has 2 N–H and O–H groups in total. The van der Waals surface area contributed by atoms with Crippen LogP contribution in [0.15, 0.2) is 54.6 Å². The highest BCUT2D eigenvalue weighted by Crippen LogP contribution is 2.14. The third-order valence-electron chi connectivity index (χ3n) is 2.53. The van der Waals surface area contributed by atoms with Crippen molar-refractivity contribution in [3.63, 3.8) is 0 Å². The van der Waals surface area contributed by atoms with Crippen LogP contribution in [0.25, 0.3) is 0 Å². The number of para-hydroxylation sites is 1. The SMILES string of the molecule is O=C(C#Cc1ccccc1)NCc1ccccc1O. The van der Waals surface area contributed by atoms with E-state index in [9.17, 15) is 9.90 Å². The average Bonchev–Trinajstić information content (AvgIpc) is 2.45. The van der Waals surface area contributed by atoms with E-state index in [4.69, 9.17) is 0 Å². The van der Waals surface area contributed by atoms with Gasteiger partial charge in [-0.05, 0) is 18.2 Å². The Kier molecular flexibility index (Phi) is 4.20. The van der Waals surface area contributed by atoms with E-state index in [2.05, 4.69) is 17.2 Å². The highest BCUT2D eigenvalue weighted by molar-refractivity contribution is 5.94. The Labute approximate surface area is 111 Å². The maximum absolute atomic E-state index is 11.5. The number of carbonyl (C=O) groups is 1. The molecule has 19 heavy (non-hydrogen) atoms. The van der Waals surface area contributed by atoms with Gasteiger partial charge >= 0.3 is 0 Å². The third kappa shape index (κ3) is 3.90. The first kappa shape index (κ1) is 12.7. The summed E-state index contributed by atoms with van der Waals surface area (Å²) in [7, 11) is 0. The molecule has 0 saturated carbocycles. The van der Waals surface area contributed by atoms with Crippen molar-refractivity contribution in [2.75, 3.05) is 0 Å². The van der Waals surface area contributed by atoms with Crippen molar-refractivity contribution in [1.29, 1.82) is 0 Å². The van der Waals surface area contributed by atoms with Crippen LogP contribution in [0, 0.1) is 11.8 Å². The molecule has 0 fully saturated rings. The highest BCUT2D eigenvalue weighted by atomic mass is 16.3. The quantitative estimate of drug-likeness (QED) is 0.803. The summed E-state index contributed by atoms with van der Waals surface area (Å²) >= 11 is 0. The fourth-order valence-electron chi connectivity index (χ4n) is 1.53. The van der Waals surface area contributed by atoms with Gasteiger partial charge in [0.25, 0.3) is 5.91 Å². The van der Waals surface area contributed by atoms with Crippen LogP contribution in [0.4, 0.5) is 0 Å². The minimum atomic E-state index is -0.368. The number of aromatic hydroxyl groups is 1. The first-order valence-electron chi connectivity index (χ1n) is 5.87. The summed E-state index contributed by atoms with van der Waals surface area (Å²) in [5, 5.41) is 12.2. The number of nitrogens with one attached hydrogen (secondary N) is 1. The number of hydrogen-bond acceptors (Lipinski definition) is 2. The fourth-order valence-corrected chi connectivity index (χ4v) is 1.53. The van der Waals surface area contributed by atoms with E-state index in [1.54, 1.807) is 24.3 Å². The van der Waals surface area contributed by atoms with Gasteiger partial charge < -0.3 is 10.4 Å². The second-order valence-corrected chi connectivity index (χ2v) is 3.93. The van der Waals surface area contributed by atoms with Crippen LogP contribution in [0.2, 0.25) is 0 Å². The molecular weight excluding hydrogens is 238 g/mol. The normalized spacial score (nSPS) is 9.26. The molecule has 3 nitrogen and oxygen atoms in total. The lowest BCUT2D eigenvalue weighted by Crippen LogP contribution is -2.20. The summed E-state index contributed by atoms with van der Waals surface area (Å²) in [5.41, 5.74) is 1.46. The van der Waals surface area contributed by atoms with E-state index >= 15 is 0 Å². The topological polar surface area (TPSA) is 49.3 Å². The number of benzene rings is 2. The van der Waals surface area contributed by atoms with E-state index < -0.39 is 0 Å². The minimum absolute atomic E-state index is 0.166. The molecule has 0 unspecified atom stereocenters. The molecule has 0 radical (unpaired) electrons. The first-order chi connectivity index (χ1) is 9.25. The number of carbonyl (C=O) groups excluding carboxylic acids is 1. The van der Waals surface area contributed by atoms with Gasteiger partial charge in [-0.3, -0.25) is 4.79 Å². The average molecular weight is 251 g/mol. The number of hydrogen-bond donors (Lipinski definition) is 2. The molecule has 0 aromatic heterocycles. The van der Waals surface area contributed by atoms with Crippen LogP contribution in [0.5, 0.6) is 5.75 Å². The molecule has 94 valence electrons. The summed E-state index contributed by atoms with van der Waals surface area (Å²) < 4.78 is 0. The van der Waals surface area contributed by atoms with Gasteiger partial charge in [0, 0.05) is 23.6 Å². The molecule has 2 rings (SSSR count). The van der Waals surface area contributed by atoms with Gasteiger partial charge in [0.2, 0.25) is 0 Å². The molecule has 0 aliphatic heterocycles. The number of amides is 1. The Morgan fingerprint density at radius 3 is 2.47 bits per heavy atom. The first-order valence-corrected chi connectivity index (χ1v) is 5.87. The van der Waals surface area contributed by atoms with Crippen molar-refractivity contribution in [2.45, 2.75) is 6.54 Å². The molecular formula is C16H13NO2. The summed E-state index contributed by atoms with van der Waals surface area (Å²) in [4.78, 5) is 11.5. The monoisotopic (exact) mass is 251 g/mol. The zero-order valence-electron chi connectivity index (χ0n) is 10.3. The minimum Gasteiger partial charge on any atom is -0.508 e. The molecule has 0 aliphatic rings. The van der Waals surface area contributed by atoms with Crippen molar-refractivity contribution in [3.05, 3.63) is 65.7 Å². The van der Waals surface area contributed by atoms with Crippen LogP contribution >= 0.6 is 0 Å². The van der Waals surface area contributed by atoms with E-state index in [0.717, 1.165) is 5.56 Å². The zero-order chi connectivity index (χ0) is 13.5. The lowest BCUT2D eigenvalue weighted by molar-refractivity contribution is -0.115. The third-order valence-corrected chi connectivity index (χ3v) is 2.53. The second-order valence-electron chi connectivity index (χ2n) is 3.93. The maximum Gasteiger partial charge on any atom is 0.296 e. The molecule has 0 atom stereocenters. The zero-order valence-corrected chi connectivity index (χ0v) is 10.3. The van der Waals surface area contributed by atoms with Crippen LogP contribution in [0.3, 0.4) is 0 Å². The van der Waals surface area contributed by atoms with E-state index in [0.29, 0.717) is 5.56 Å². The van der Waals surface area contributed by atoms with Crippen LogP contribution < -0.4 is 5.32 Å². The van der Waals surface area contributed by atoms with Gasteiger partial charge in [0.15, 0.2) is 0 Å².